The SMILES string of the molecule is CC1(C)O[C@H]2O[C@@]3(C=CC(O)C3)C[C@H]2O1. The summed E-state index contributed by atoms with van der Waals surface area (Å²) in [6, 6.07) is 0. The summed E-state index contributed by atoms with van der Waals surface area (Å²) in [5.41, 5.74) is -0.356. The van der Waals surface area contributed by atoms with Crippen molar-refractivity contribution >= 4 is 0 Å². The van der Waals surface area contributed by atoms with Gasteiger partial charge in [-0.3, -0.25) is 0 Å². The van der Waals surface area contributed by atoms with E-state index >= 15 is 0 Å². The molecule has 0 radical (unpaired) electrons. The molecule has 1 N–H and O–H groups in total. The maximum absolute atomic E-state index is 9.47. The molecule has 2 fully saturated rings. The minimum atomic E-state index is -0.544. The summed E-state index contributed by atoms with van der Waals surface area (Å²) in [5, 5.41) is 9.47. The Morgan fingerprint density at radius 1 is 1.20 bits per heavy atom. The number of ether oxygens (including phenoxy) is 3. The van der Waals surface area contributed by atoms with Gasteiger partial charge in [-0.15, -0.1) is 0 Å². The van der Waals surface area contributed by atoms with Crippen molar-refractivity contribution in [3.05, 3.63) is 12.2 Å². The van der Waals surface area contributed by atoms with Crippen LogP contribution < -0.4 is 0 Å². The Labute approximate surface area is 88.8 Å². The van der Waals surface area contributed by atoms with E-state index in [2.05, 4.69) is 0 Å². The largest absolute Gasteiger partial charge is 0.389 e. The number of rotatable bonds is 0. The normalized spacial score (nSPS) is 51.5. The van der Waals surface area contributed by atoms with Crippen LogP contribution in [0.2, 0.25) is 0 Å². The first-order valence-corrected chi connectivity index (χ1v) is 5.39. The van der Waals surface area contributed by atoms with E-state index in [9.17, 15) is 5.11 Å². The predicted molar refractivity (Wildman–Crippen MR) is 52.0 cm³/mol. The third-order valence-electron chi connectivity index (χ3n) is 3.21. The van der Waals surface area contributed by atoms with E-state index in [1.165, 1.54) is 0 Å². The van der Waals surface area contributed by atoms with Crippen molar-refractivity contribution < 1.29 is 19.3 Å². The summed E-state index contributed by atoms with van der Waals surface area (Å²) in [4.78, 5) is 0. The molecule has 0 aromatic rings. The number of aliphatic hydroxyl groups excluding tert-OH is 1. The van der Waals surface area contributed by atoms with E-state index in [1.54, 1.807) is 6.08 Å². The van der Waals surface area contributed by atoms with Gasteiger partial charge in [-0.05, 0) is 13.8 Å². The molecule has 1 aliphatic carbocycles. The van der Waals surface area contributed by atoms with Gasteiger partial charge in [0.1, 0.15) is 6.10 Å². The molecule has 0 amide bonds. The van der Waals surface area contributed by atoms with Crippen molar-refractivity contribution in [1.29, 1.82) is 0 Å². The first-order valence-electron chi connectivity index (χ1n) is 5.39. The average Bonchev–Trinajstić information content (AvgIpc) is 2.64. The number of hydrogen-bond donors (Lipinski definition) is 1. The van der Waals surface area contributed by atoms with Crippen LogP contribution in [0.5, 0.6) is 0 Å². The zero-order chi connectivity index (χ0) is 10.7. The third-order valence-corrected chi connectivity index (χ3v) is 3.21. The highest BCUT2D eigenvalue weighted by atomic mass is 16.8. The Morgan fingerprint density at radius 3 is 2.60 bits per heavy atom. The molecule has 2 heterocycles. The second kappa shape index (κ2) is 2.83. The lowest BCUT2D eigenvalue weighted by Crippen LogP contribution is -2.31. The molecule has 4 nitrogen and oxygen atoms in total. The lowest BCUT2D eigenvalue weighted by Gasteiger charge is -2.26. The smallest absolute Gasteiger partial charge is 0.188 e. The van der Waals surface area contributed by atoms with Gasteiger partial charge in [0, 0.05) is 12.8 Å². The first-order chi connectivity index (χ1) is 6.98. The summed E-state index contributed by atoms with van der Waals surface area (Å²) in [5.74, 6) is -0.544. The Bertz CT molecular complexity index is 294. The highest BCUT2D eigenvalue weighted by Crippen LogP contribution is 2.46. The van der Waals surface area contributed by atoms with Gasteiger partial charge in [0.15, 0.2) is 12.1 Å². The van der Waals surface area contributed by atoms with Crippen molar-refractivity contribution in [3.8, 4) is 0 Å². The molecule has 84 valence electrons. The molecule has 1 unspecified atom stereocenters. The molecular formula is C11H16O4. The molecule has 1 spiro atoms. The molecule has 3 aliphatic rings. The van der Waals surface area contributed by atoms with E-state index in [-0.39, 0.29) is 18.0 Å². The zero-order valence-corrected chi connectivity index (χ0v) is 8.97. The van der Waals surface area contributed by atoms with Crippen LogP contribution in [0.15, 0.2) is 12.2 Å². The number of hydrogen-bond acceptors (Lipinski definition) is 4. The second-order valence-corrected chi connectivity index (χ2v) is 5.06. The predicted octanol–water partition coefficient (Wildman–Crippen LogP) is 0.944. The highest BCUT2D eigenvalue weighted by molar-refractivity contribution is 5.17. The van der Waals surface area contributed by atoms with Crippen LogP contribution in [-0.4, -0.2) is 35.0 Å². The second-order valence-electron chi connectivity index (χ2n) is 5.06. The summed E-state index contributed by atoms with van der Waals surface area (Å²) < 4.78 is 17.2. The highest BCUT2D eigenvalue weighted by Gasteiger charge is 2.55. The monoisotopic (exact) mass is 212 g/mol. The standard InChI is InChI=1S/C11H16O4/c1-10(2)13-8-6-11(15-9(8)14-10)4-3-7(12)5-11/h3-4,7-9,12H,5-6H2,1-2H3/t7?,8-,9+,11-/m1/s1. The quantitative estimate of drug-likeness (QED) is 0.607. The fourth-order valence-corrected chi connectivity index (χ4v) is 2.68. The third kappa shape index (κ3) is 1.52. The van der Waals surface area contributed by atoms with Crippen LogP contribution in [0.1, 0.15) is 26.7 Å². The first kappa shape index (κ1) is 9.78. The van der Waals surface area contributed by atoms with Crippen LogP contribution in [0.25, 0.3) is 0 Å². The van der Waals surface area contributed by atoms with Gasteiger partial charge < -0.3 is 19.3 Å². The molecule has 0 aromatic carbocycles. The van der Waals surface area contributed by atoms with E-state index in [4.69, 9.17) is 14.2 Å². The van der Waals surface area contributed by atoms with Crippen LogP contribution in [0, 0.1) is 0 Å². The zero-order valence-electron chi connectivity index (χ0n) is 8.97. The van der Waals surface area contributed by atoms with Crippen LogP contribution in [0.3, 0.4) is 0 Å². The van der Waals surface area contributed by atoms with Crippen LogP contribution in [0.4, 0.5) is 0 Å². The van der Waals surface area contributed by atoms with Crippen LogP contribution >= 0.6 is 0 Å². The minimum Gasteiger partial charge on any atom is -0.389 e. The average molecular weight is 212 g/mol. The molecule has 0 bridgehead atoms. The molecule has 0 aromatic heterocycles. The Kier molecular flexibility index (Phi) is 1.84. The van der Waals surface area contributed by atoms with Crippen molar-refractivity contribution in [1.82, 2.24) is 0 Å². The Morgan fingerprint density at radius 2 is 2.00 bits per heavy atom. The minimum absolute atomic E-state index is 0.00468. The molecule has 4 heteroatoms. The summed E-state index contributed by atoms with van der Waals surface area (Å²) in [7, 11) is 0. The maximum atomic E-state index is 9.47. The molecule has 15 heavy (non-hydrogen) atoms. The summed E-state index contributed by atoms with van der Waals surface area (Å²) in [6.45, 7) is 3.78. The number of fused-ring (bicyclic) bond motifs is 1. The van der Waals surface area contributed by atoms with Gasteiger partial charge in [0.25, 0.3) is 0 Å². The van der Waals surface area contributed by atoms with E-state index in [1.807, 2.05) is 19.9 Å². The maximum Gasteiger partial charge on any atom is 0.188 e. The molecule has 2 aliphatic heterocycles. The number of aliphatic hydroxyl groups is 1. The molecule has 4 atom stereocenters. The lowest BCUT2D eigenvalue weighted by atomic mass is 9.98. The van der Waals surface area contributed by atoms with Crippen molar-refractivity contribution in [2.75, 3.05) is 0 Å². The Hall–Kier alpha value is -0.420. The van der Waals surface area contributed by atoms with E-state index in [0.29, 0.717) is 6.42 Å². The van der Waals surface area contributed by atoms with Crippen molar-refractivity contribution in [2.45, 2.75) is 56.6 Å². The van der Waals surface area contributed by atoms with Crippen molar-refractivity contribution in [3.63, 3.8) is 0 Å². The molecule has 3 rings (SSSR count). The Balaban J connectivity index is 1.75. The van der Waals surface area contributed by atoms with Gasteiger partial charge in [-0.25, -0.2) is 0 Å². The van der Waals surface area contributed by atoms with Crippen molar-refractivity contribution in [2.24, 2.45) is 0 Å². The summed E-state index contributed by atoms with van der Waals surface area (Å²) >= 11 is 0. The fourth-order valence-electron chi connectivity index (χ4n) is 2.68. The topological polar surface area (TPSA) is 47.9 Å². The van der Waals surface area contributed by atoms with E-state index < -0.39 is 11.9 Å². The fraction of sp³-hybridized carbons (Fsp3) is 0.818. The molecular weight excluding hydrogens is 196 g/mol. The van der Waals surface area contributed by atoms with Crippen LogP contribution in [-0.2, 0) is 14.2 Å². The van der Waals surface area contributed by atoms with Gasteiger partial charge >= 0.3 is 0 Å². The van der Waals surface area contributed by atoms with Gasteiger partial charge in [-0.1, -0.05) is 12.2 Å². The van der Waals surface area contributed by atoms with E-state index in [0.717, 1.165) is 6.42 Å². The van der Waals surface area contributed by atoms with Gasteiger partial charge in [-0.2, -0.15) is 0 Å². The molecule has 0 saturated carbocycles. The van der Waals surface area contributed by atoms with Gasteiger partial charge in [0.05, 0.1) is 11.7 Å². The summed E-state index contributed by atoms with van der Waals surface area (Å²) in [6.07, 6.45) is 4.44. The van der Waals surface area contributed by atoms with Gasteiger partial charge in [0.2, 0.25) is 0 Å². The molecule has 2 saturated heterocycles. The lowest BCUT2D eigenvalue weighted by molar-refractivity contribution is -0.217.